The van der Waals surface area contributed by atoms with Crippen LogP contribution in [-0.4, -0.2) is 27.5 Å². The molecule has 0 fully saturated rings. The highest BCUT2D eigenvalue weighted by atomic mass is 32.2. The largest absolute Gasteiger partial charge is 0.322 e. The van der Waals surface area contributed by atoms with E-state index >= 15 is 0 Å². The van der Waals surface area contributed by atoms with Crippen molar-refractivity contribution in [1.29, 1.82) is 0 Å². The van der Waals surface area contributed by atoms with Gasteiger partial charge in [-0.3, -0.25) is 19.7 Å². The Labute approximate surface area is 209 Å². The zero-order valence-electron chi connectivity index (χ0n) is 18.6. The number of aromatic nitrogens is 1. The number of amides is 2. The Hall–Kier alpha value is -4.02. The molecular weight excluding hydrogens is 484 g/mol. The van der Waals surface area contributed by atoms with Crippen LogP contribution in [0.5, 0.6) is 0 Å². The molecule has 8 nitrogen and oxygen atoms in total. The van der Waals surface area contributed by atoms with Gasteiger partial charge < -0.3 is 10.6 Å². The number of nitro benzene ring substituents is 1. The van der Waals surface area contributed by atoms with Crippen molar-refractivity contribution in [3.8, 4) is 11.3 Å². The van der Waals surface area contributed by atoms with E-state index < -0.39 is 10.8 Å². The number of hydrogen-bond acceptors (Lipinski definition) is 7. The number of aryl methyl sites for hydroxylation is 1. The first-order valence-electron chi connectivity index (χ1n) is 10.5. The third-order valence-corrected chi connectivity index (χ3v) is 6.67. The van der Waals surface area contributed by atoms with Gasteiger partial charge in [-0.1, -0.05) is 35.9 Å². The minimum Gasteiger partial charge on any atom is -0.322 e. The summed E-state index contributed by atoms with van der Waals surface area (Å²) in [4.78, 5) is 40.4. The predicted octanol–water partition coefficient (Wildman–Crippen LogP) is 6.01. The number of rotatable bonds is 8. The lowest BCUT2D eigenvalue weighted by molar-refractivity contribution is -0.384. The van der Waals surface area contributed by atoms with Gasteiger partial charge in [0.15, 0.2) is 5.13 Å². The molecule has 2 N–H and O–H groups in total. The van der Waals surface area contributed by atoms with Crippen molar-refractivity contribution >= 4 is 51.4 Å². The van der Waals surface area contributed by atoms with Crippen molar-refractivity contribution in [2.75, 3.05) is 16.4 Å². The molecule has 3 aromatic carbocycles. The van der Waals surface area contributed by atoms with E-state index in [4.69, 9.17) is 0 Å². The van der Waals surface area contributed by atoms with Crippen LogP contribution >= 0.6 is 23.1 Å². The fourth-order valence-electron chi connectivity index (χ4n) is 3.09. The molecule has 4 rings (SSSR count). The summed E-state index contributed by atoms with van der Waals surface area (Å²) < 4.78 is 0. The molecule has 0 atom stereocenters. The van der Waals surface area contributed by atoms with E-state index in [0.717, 1.165) is 16.2 Å². The number of carbonyl (C=O) groups excluding carboxylic acids is 2. The first-order valence-corrected chi connectivity index (χ1v) is 12.3. The second-order valence-corrected chi connectivity index (χ2v) is 9.43. The Kier molecular flexibility index (Phi) is 7.54. The van der Waals surface area contributed by atoms with Gasteiger partial charge in [0.2, 0.25) is 5.91 Å². The van der Waals surface area contributed by atoms with Gasteiger partial charge in [-0.15, -0.1) is 23.1 Å². The highest BCUT2D eigenvalue weighted by Crippen LogP contribution is 2.26. The molecule has 10 heteroatoms. The maximum absolute atomic E-state index is 12.4. The number of thioether (sulfide) groups is 1. The van der Waals surface area contributed by atoms with Crippen LogP contribution in [0.1, 0.15) is 15.9 Å². The van der Waals surface area contributed by atoms with E-state index in [1.807, 2.05) is 36.6 Å². The van der Waals surface area contributed by atoms with Crippen molar-refractivity contribution in [2.45, 2.75) is 11.8 Å². The van der Waals surface area contributed by atoms with Crippen LogP contribution in [0.25, 0.3) is 11.3 Å². The molecule has 0 saturated carbocycles. The average molecular weight is 505 g/mol. The summed E-state index contributed by atoms with van der Waals surface area (Å²) in [5.74, 6) is -0.399. The Morgan fingerprint density at radius 1 is 1.03 bits per heavy atom. The molecule has 0 radical (unpaired) electrons. The van der Waals surface area contributed by atoms with Crippen molar-refractivity contribution in [3.05, 3.63) is 99.4 Å². The van der Waals surface area contributed by atoms with E-state index in [9.17, 15) is 19.7 Å². The second kappa shape index (κ2) is 10.9. The summed E-state index contributed by atoms with van der Waals surface area (Å²) >= 11 is 2.74. The van der Waals surface area contributed by atoms with Gasteiger partial charge in [0, 0.05) is 39.2 Å². The second-order valence-electron chi connectivity index (χ2n) is 7.53. The predicted molar refractivity (Wildman–Crippen MR) is 139 cm³/mol. The minimum atomic E-state index is -0.545. The van der Waals surface area contributed by atoms with Gasteiger partial charge in [-0.25, -0.2) is 4.98 Å². The molecular formula is C25H20N4O4S2. The topological polar surface area (TPSA) is 114 Å². The Balaban J connectivity index is 1.28. The van der Waals surface area contributed by atoms with Gasteiger partial charge in [0.25, 0.3) is 11.6 Å². The van der Waals surface area contributed by atoms with Crippen LogP contribution in [0.3, 0.4) is 0 Å². The standard InChI is InChI=1S/C25H20N4O4S2/c1-16-5-7-17(8-6-16)22-14-35-25(27-22)28-23(30)15-34-21-11-9-19(10-12-21)26-24(31)18-3-2-4-20(13-18)29(32)33/h2-14H,15H2,1H3,(H,26,31)(H,27,28,30). The molecule has 0 spiro atoms. The molecule has 35 heavy (non-hydrogen) atoms. The first-order chi connectivity index (χ1) is 16.9. The zero-order chi connectivity index (χ0) is 24.8. The lowest BCUT2D eigenvalue weighted by Crippen LogP contribution is -2.13. The van der Waals surface area contributed by atoms with E-state index in [1.54, 1.807) is 24.3 Å². The average Bonchev–Trinajstić information content (AvgIpc) is 3.32. The number of non-ortho nitro benzene ring substituents is 1. The van der Waals surface area contributed by atoms with E-state index in [-0.39, 0.29) is 22.9 Å². The Bertz CT molecular complexity index is 1370. The number of nitrogens with one attached hydrogen (secondary N) is 2. The van der Waals surface area contributed by atoms with Crippen molar-refractivity contribution in [1.82, 2.24) is 4.98 Å². The van der Waals surface area contributed by atoms with Gasteiger partial charge in [-0.05, 0) is 37.3 Å². The van der Waals surface area contributed by atoms with Crippen molar-refractivity contribution in [2.24, 2.45) is 0 Å². The maximum Gasteiger partial charge on any atom is 0.270 e. The summed E-state index contributed by atoms with van der Waals surface area (Å²) in [6, 6.07) is 20.6. The molecule has 1 heterocycles. The molecule has 0 saturated heterocycles. The molecule has 0 aliphatic heterocycles. The lowest BCUT2D eigenvalue weighted by Gasteiger charge is -2.07. The van der Waals surface area contributed by atoms with Crippen LogP contribution in [0, 0.1) is 17.0 Å². The summed E-state index contributed by atoms with van der Waals surface area (Å²) in [5, 5.41) is 18.9. The zero-order valence-corrected chi connectivity index (χ0v) is 20.2. The number of thiazole rings is 1. The minimum absolute atomic E-state index is 0.146. The Morgan fingerprint density at radius 2 is 1.77 bits per heavy atom. The third kappa shape index (κ3) is 6.52. The van der Waals surface area contributed by atoms with E-state index in [1.165, 1.54) is 52.9 Å². The summed E-state index contributed by atoms with van der Waals surface area (Å²) in [7, 11) is 0. The van der Waals surface area contributed by atoms with Crippen molar-refractivity contribution < 1.29 is 14.5 Å². The summed E-state index contributed by atoms with van der Waals surface area (Å²) in [6.07, 6.45) is 0. The van der Waals surface area contributed by atoms with Crippen LogP contribution in [0.15, 0.2) is 83.1 Å². The third-order valence-electron chi connectivity index (χ3n) is 4.90. The van der Waals surface area contributed by atoms with E-state index in [2.05, 4.69) is 15.6 Å². The molecule has 0 unspecified atom stereocenters. The van der Waals surface area contributed by atoms with Crippen LogP contribution < -0.4 is 10.6 Å². The van der Waals surface area contributed by atoms with Gasteiger partial charge in [0.1, 0.15) is 0 Å². The molecule has 4 aromatic rings. The normalized spacial score (nSPS) is 10.5. The van der Waals surface area contributed by atoms with Crippen LogP contribution in [0.2, 0.25) is 0 Å². The lowest BCUT2D eigenvalue weighted by atomic mass is 10.1. The number of nitro groups is 1. The monoisotopic (exact) mass is 504 g/mol. The number of nitrogens with zero attached hydrogens (tertiary/aromatic N) is 2. The highest BCUT2D eigenvalue weighted by Gasteiger charge is 2.12. The SMILES string of the molecule is Cc1ccc(-c2csc(NC(=O)CSc3ccc(NC(=O)c4cccc([N+](=O)[O-])c4)cc3)n2)cc1. The van der Waals surface area contributed by atoms with E-state index in [0.29, 0.717) is 10.8 Å². The first kappa shape index (κ1) is 24.1. The maximum atomic E-state index is 12.4. The fourth-order valence-corrected chi connectivity index (χ4v) is 4.53. The number of carbonyl (C=O) groups is 2. The highest BCUT2D eigenvalue weighted by molar-refractivity contribution is 8.00. The molecule has 0 aliphatic carbocycles. The van der Waals surface area contributed by atoms with Gasteiger partial charge >= 0.3 is 0 Å². The Morgan fingerprint density at radius 3 is 2.49 bits per heavy atom. The number of hydrogen-bond donors (Lipinski definition) is 2. The van der Waals surface area contributed by atoms with Crippen molar-refractivity contribution in [3.63, 3.8) is 0 Å². The molecule has 0 bridgehead atoms. The summed E-state index contributed by atoms with van der Waals surface area (Å²) in [5.41, 5.74) is 3.59. The number of anilines is 2. The molecule has 1 aromatic heterocycles. The van der Waals surface area contributed by atoms with Gasteiger partial charge in [0.05, 0.1) is 16.4 Å². The summed E-state index contributed by atoms with van der Waals surface area (Å²) in [6.45, 7) is 2.03. The number of benzene rings is 3. The molecule has 0 aliphatic rings. The smallest absolute Gasteiger partial charge is 0.270 e. The quantitative estimate of drug-likeness (QED) is 0.173. The molecule has 2 amide bonds. The van der Waals surface area contributed by atoms with Crippen LogP contribution in [0.4, 0.5) is 16.5 Å². The van der Waals surface area contributed by atoms with Crippen LogP contribution in [-0.2, 0) is 4.79 Å². The fraction of sp³-hybridized carbons (Fsp3) is 0.0800. The van der Waals surface area contributed by atoms with Gasteiger partial charge in [-0.2, -0.15) is 0 Å². The molecule has 176 valence electrons.